The maximum atomic E-state index is 13.2. The van der Waals surface area contributed by atoms with Gasteiger partial charge in [-0.15, -0.1) is 0 Å². The van der Waals surface area contributed by atoms with Gasteiger partial charge in [0.25, 0.3) is 0 Å². The Morgan fingerprint density at radius 1 is 1.07 bits per heavy atom. The average Bonchev–Trinajstić information content (AvgIpc) is 3.09. The summed E-state index contributed by atoms with van der Waals surface area (Å²) >= 11 is 0. The van der Waals surface area contributed by atoms with Crippen LogP contribution in [0.4, 0.5) is 5.69 Å². The highest BCUT2D eigenvalue weighted by Gasteiger charge is 2.60. The number of allylic oxidation sites excluding steroid dienone is 2. The molecule has 4 nitrogen and oxygen atoms in total. The highest BCUT2D eigenvalue weighted by molar-refractivity contribution is 5.93. The van der Waals surface area contributed by atoms with Crippen LogP contribution in [0.3, 0.4) is 0 Å². The summed E-state index contributed by atoms with van der Waals surface area (Å²) < 4.78 is 0. The van der Waals surface area contributed by atoms with Crippen molar-refractivity contribution in [2.75, 3.05) is 12.4 Å². The predicted molar refractivity (Wildman–Crippen MR) is 118 cm³/mol. The van der Waals surface area contributed by atoms with E-state index in [1.807, 2.05) is 42.3 Å². The first-order valence-corrected chi connectivity index (χ1v) is 11.7. The van der Waals surface area contributed by atoms with Gasteiger partial charge in [-0.1, -0.05) is 38.1 Å². The largest absolute Gasteiger partial charge is 0.326 e. The standard InChI is InChI=1S/C26H34N2O2/c1-25-15-13-20-18(9-12-22-26(20,2)16-14-23(29)28(22)3)19(25)10-11-21(25)24(30)27-17-7-5-4-6-8-17/h4-8,12,18-21H,9-11,13-16H2,1-3H3,(H,27,30)/t18-,19-,20+,21?,25-,26+/m0/s1. The van der Waals surface area contributed by atoms with Gasteiger partial charge in [0, 0.05) is 36.2 Å². The molecule has 0 spiro atoms. The lowest BCUT2D eigenvalue weighted by atomic mass is 9.49. The van der Waals surface area contributed by atoms with Crippen molar-refractivity contribution in [3.05, 3.63) is 42.1 Å². The van der Waals surface area contributed by atoms with E-state index >= 15 is 0 Å². The summed E-state index contributed by atoms with van der Waals surface area (Å²) in [5.41, 5.74) is 2.35. The van der Waals surface area contributed by atoms with Crippen molar-refractivity contribution in [2.24, 2.45) is 34.5 Å². The molecule has 1 N–H and O–H groups in total. The molecule has 6 atom stereocenters. The van der Waals surface area contributed by atoms with Crippen molar-refractivity contribution >= 4 is 17.5 Å². The van der Waals surface area contributed by atoms with Gasteiger partial charge in [-0.2, -0.15) is 0 Å². The summed E-state index contributed by atoms with van der Waals surface area (Å²) in [6.07, 6.45) is 9.49. The third-order valence-electron chi connectivity index (χ3n) is 9.38. The van der Waals surface area contributed by atoms with Gasteiger partial charge < -0.3 is 10.2 Å². The zero-order valence-corrected chi connectivity index (χ0v) is 18.5. The summed E-state index contributed by atoms with van der Waals surface area (Å²) in [6.45, 7) is 4.78. The summed E-state index contributed by atoms with van der Waals surface area (Å²) in [6, 6.07) is 9.86. The number of nitrogens with one attached hydrogen (secondary N) is 1. The number of carbonyl (C=O) groups is 2. The first kappa shape index (κ1) is 19.8. The molecule has 2 saturated carbocycles. The van der Waals surface area contributed by atoms with Gasteiger partial charge in [-0.05, 0) is 73.8 Å². The zero-order valence-electron chi connectivity index (χ0n) is 18.5. The Kier molecular flexibility index (Phi) is 4.61. The maximum absolute atomic E-state index is 13.2. The Morgan fingerprint density at radius 2 is 1.83 bits per heavy atom. The van der Waals surface area contributed by atoms with Crippen LogP contribution in [0, 0.1) is 34.5 Å². The van der Waals surface area contributed by atoms with Crippen molar-refractivity contribution in [3.8, 4) is 0 Å². The number of fused-ring (bicyclic) bond motifs is 5. The number of likely N-dealkylation sites (tertiary alicyclic amines) is 1. The van der Waals surface area contributed by atoms with E-state index in [1.165, 1.54) is 12.1 Å². The number of hydrogen-bond donors (Lipinski definition) is 1. The average molecular weight is 407 g/mol. The number of amides is 2. The molecule has 1 saturated heterocycles. The Balaban J connectivity index is 1.39. The SMILES string of the molecule is CN1C(=O)CC[C@@]2(C)C1=CC[C@@H]1[C@H]2CC[C@]2(C)C(C(=O)Nc3ccccc3)CC[C@@H]12. The van der Waals surface area contributed by atoms with Crippen LogP contribution in [0.25, 0.3) is 0 Å². The highest BCUT2D eigenvalue weighted by Crippen LogP contribution is 2.66. The lowest BCUT2D eigenvalue weighted by molar-refractivity contribution is -0.137. The molecule has 0 bridgehead atoms. The quantitative estimate of drug-likeness (QED) is 0.731. The van der Waals surface area contributed by atoms with Crippen molar-refractivity contribution < 1.29 is 9.59 Å². The molecule has 0 aromatic heterocycles. The van der Waals surface area contributed by atoms with Crippen molar-refractivity contribution in [1.29, 1.82) is 0 Å². The fourth-order valence-electron chi connectivity index (χ4n) is 7.76. The third kappa shape index (κ3) is 2.79. The van der Waals surface area contributed by atoms with E-state index in [9.17, 15) is 9.59 Å². The Morgan fingerprint density at radius 3 is 2.60 bits per heavy atom. The minimum absolute atomic E-state index is 0.0815. The fraction of sp³-hybridized carbons (Fsp3) is 0.615. The zero-order chi connectivity index (χ0) is 21.1. The molecule has 1 aliphatic heterocycles. The summed E-state index contributed by atoms with van der Waals surface area (Å²) in [5, 5.41) is 3.18. The first-order chi connectivity index (χ1) is 14.3. The number of carbonyl (C=O) groups excluding carboxylic acids is 2. The van der Waals surface area contributed by atoms with E-state index in [-0.39, 0.29) is 28.6 Å². The van der Waals surface area contributed by atoms with Gasteiger partial charge in [-0.3, -0.25) is 9.59 Å². The second-order valence-corrected chi connectivity index (χ2v) is 10.6. The van der Waals surface area contributed by atoms with Crippen LogP contribution < -0.4 is 5.32 Å². The van der Waals surface area contributed by atoms with Crippen LogP contribution in [0.15, 0.2) is 42.1 Å². The van der Waals surface area contributed by atoms with Crippen molar-refractivity contribution in [3.63, 3.8) is 0 Å². The highest BCUT2D eigenvalue weighted by atomic mass is 16.2. The second-order valence-electron chi connectivity index (χ2n) is 10.6. The molecule has 3 fully saturated rings. The van der Waals surface area contributed by atoms with Crippen molar-refractivity contribution in [2.45, 2.75) is 58.8 Å². The predicted octanol–water partition coefficient (Wildman–Crippen LogP) is 5.23. The normalized spacial score (nSPS) is 40.2. The number of hydrogen-bond acceptors (Lipinski definition) is 2. The first-order valence-electron chi connectivity index (χ1n) is 11.7. The smallest absolute Gasteiger partial charge is 0.228 e. The van der Waals surface area contributed by atoms with E-state index in [1.54, 1.807) is 0 Å². The molecule has 30 heavy (non-hydrogen) atoms. The molecule has 5 rings (SSSR count). The van der Waals surface area contributed by atoms with Gasteiger partial charge >= 0.3 is 0 Å². The van der Waals surface area contributed by atoms with Crippen LogP contribution in [0.1, 0.15) is 58.8 Å². The molecule has 4 heteroatoms. The molecule has 1 heterocycles. The number of nitrogens with zero attached hydrogens (tertiary/aromatic N) is 1. The molecule has 1 unspecified atom stereocenters. The van der Waals surface area contributed by atoms with E-state index in [2.05, 4.69) is 25.2 Å². The van der Waals surface area contributed by atoms with E-state index in [4.69, 9.17) is 0 Å². The molecular formula is C26H34N2O2. The number of piperidine rings is 1. The monoisotopic (exact) mass is 406 g/mol. The topological polar surface area (TPSA) is 49.4 Å². The molecular weight excluding hydrogens is 372 g/mol. The lowest BCUT2D eigenvalue weighted by Crippen LogP contribution is -2.54. The summed E-state index contributed by atoms with van der Waals surface area (Å²) in [4.78, 5) is 27.5. The van der Waals surface area contributed by atoms with Crippen LogP contribution in [0.5, 0.6) is 0 Å². The van der Waals surface area contributed by atoms with Crippen LogP contribution in [-0.2, 0) is 9.59 Å². The van der Waals surface area contributed by atoms with Crippen LogP contribution >= 0.6 is 0 Å². The van der Waals surface area contributed by atoms with Gasteiger partial charge in [-0.25, -0.2) is 0 Å². The minimum Gasteiger partial charge on any atom is -0.326 e. The molecule has 1 aromatic carbocycles. The molecule has 3 aliphatic carbocycles. The Hall–Kier alpha value is -2.10. The molecule has 160 valence electrons. The van der Waals surface area contributed by atoms with Gasteiger partial charge in [0.05, 0.1) is 0 Å². The van der Waals surface area contributed by atoms with Crippen LogP contribution in [0.2, 0.25) is 0 Å². The van der Waals surface area contributed by atoms with Gasteiger partial charge in [0.2, 0.25) is 11.8 Å². The Bertz CT molecular complexity index is 894. The van der Waals surface area contributed by atoms with E-state index in [0.717, 1.165) is 37.8 Å². The second kappa shape index (κ2) is 6.96. The minimum atomic E-state index is 0.0815. The molecule has 4 aliphatic rings. The Labute approximate surface area is 180 Å². The molecule has 2 amide bonds. The van der Waals surface area contributed by atoms with Gasteiger partial charge in [0.1, 0.15) is 0 Å². The van der Waals surface area contributed by atoms with E-state index < -0.39 is 0 Å². The van der Waals surface area contributed by atoms with Crippen molar-refractivity contribution in [1.82, 2.24) is 4.90 Å². The fourth-order valence-corrected chi connectivity index (χ4v) is 7.76. The lowest BCUT2D eigenvalue weighted by Gasteiger charge is -2.58. The van der Waals surface area contributed by atoms with Gasteiger partial charge in [0.15, 0.2) is 0 Å². The maximum Gasteiger partial charge on any atom is 0.228 e. The number of para-hydroxylation sites is 1. The number of rotatable bonds is 2. The van der Waals surface area contributed by atoms with Crippen LogP contribution in [-0.4, -0.2) is 23.8 Å². The third-order valence-corrected chi connectivity index (χ3v) is 9.38. The molecule has 1 aromatic rings. The number of benzene rings is 1. The number of anilines is 1. The summed E-state index contributed by atoms with van der Waals surface area (Å²) in [7, 11) is 1.96. The molecule has 0 radical (unpaired) electrons. The summed E-state index contributed by atoms with van der Waals surface area (Å²) in [5.74, 6) is 2.41. The van der Waals surface area contributed by atoms with E-state index in [0.29, 0.717) is 24.2 Å².